The minimum atomic E-state index is -3.45. The second kappa shape index (κ2) is 8.31. The summed E-state index contributed by atoms with van der Waals surface area (Å²) in [5, 5.41) is 0. The number of rotatable bonds is 6. The van der Waals surface area contributed by atoms with Crippen LogP contribution in [0.2, 0.25) is 0 Å². The average molecular weight is 375 g/mol. The first-order valence-electron chi connectivity index (χ1n) is 8.86. The molecule has 140 valence electrons. The smallest absolute Gasteiger partial charge is 0.243 e. The molecule has 1 saturated heterocycles. The fourth-order valence-electron chi connectivity index (χ4n) is 3.11. The Morgan fingerprint density at radius 3 is 2.35 bits per heavy atom. The normalized spacial score (nSPS) is 16.1. The summed E-state index contributed by atoms with van der Waals surface area (Å²) in [6, 6.07) is 15.7. The van der Waals surface area contributed by atoms with Crippen molar-refractivity contribution in [3.05, 3.63) is 65.2 Å². The molecule has 6 heteroatoms. The molecule has 1 aliphatic rings. The van der Waals surface area contributed by atoms with E-state index in [4.69, 9.17) is 4.74 Å². The van der Waals surface area contributed by atoms with Crippen LogP contribution in [0.3, 0.4) is 0 Å². The molecule has 0 aliphatic carbocycles. The predicted octanol–water partition coefficient (Wildman–Crippen LogP) is 2.65. The van der Waals surface area contributed by atoms with Crippen molar-refractivity contribution in [3.8, 4) is 0 Å². The summed E-state index contributed by atoms with van der Waals surface area (Å²) in [7, 11) is -1.40. The lowest BCUT2D eigenvalue weighted by Gasteiger charge is -2.26. The van der Waals surface area contributed by atoms with Gasteiger partial charge in [-0.05, 0) is 37.2 Å². The third-order valence-corrected chi connectivity index (χ3v) is 6.43. The van der Waals surface area contributed by atoms with Crippen molar-refractivity contribution in [3.63, 3.8) is 0 Å². The summed E-state index contributed by atoms with van der Waals surface area (Å²) >= 11 is 0. The first kappa shape index (κ1) is 19.0. The molecule has 2 aromatic carbocycles. The number of morpholine rings is 1. The van der Waals surface area contributed by atoms with Crippen molar-refractivity contribution in [2.24, 2.45) is 0 Å². The Bertz CT molecular complexity index is 828. The van der Waals surface area contributed by atoms with Gasteiger partial charge in [-0.3, -0.25) is 4.90 Å². The van der Waals surface area contributed by atoms with E-state index in [1.807, 2.05) is 19.2 Å². The second-order valence-electron chi connectivity index (χ2n) is 6.82. The van der Waals surface area contributed by atoms with Gasteiger partial charge in [0.15, 0.2) is 0 Å². The van der Waals surface area contributed by atoms with Crippen LogP contribution in [0.15, 0.2) is 53.4 Å². The third-order valence-electron chi connectivity index (χ3n) is 4.53. The molecule has 26 heavy (non-hydrogen) atoms. The van der Waals surface area contributed by atoms with E-state index in [1.54, 1.807) is 12.1 Å². The van der Waals surface area contributed by atoms with Crippen LogP contribution in [0.25, 0.3) is 0 Å². The molecule has 1 fully saturated rings. The molecule has 0 radical (unpaired) electrons. The van der Waals surface area contributed by atoms with E-state index in [2.05, 4.69) is 36.1 Å². The maximum Gasteiger partial charge on any atom is 0.243 e. The SMILES string of the molecule is Cc1ccc(CN(C)Cc2cccc(S(=O)(=O)N3CCOCC3)c2)cc1. The minimum absolute atomic E-state index is 0.362. The van der Waals surface area contributed by atoms with Crippen molar-refractivity contribution in [2.45, 2.75) is 24.9 Å². The second-order valence-corrected chi connectivity index (χ2v) is 8.76. The van der Waals surface area contributed by atoms with Gasteiger partial charge in [0.2, 0.25) is 10.0 Å². The summed E-state index contributed by atoms with van der Waals surface area (Å²) in [6.07, 6.45) is 0. The Hall–Kier alpha value is -1.73. The molecular formula is C20H26N2O3S. The molecule has 0 atom stereocenters. The third kappa shape index (κ3) is 4.71. The molecule has 1 aliphatic heterocycles. The maximum atomic E-state index is 12.8. The summed E-state index contributed by atoms with van der Waals surface area (Å²) in [5.41, 5.74) is 3.49. The molecule has 0 saturated carbocycles. The summed E-state index contributed by atoms with van der Waals surface area (Å²) in [4.78, 5) is 2.55. The zero-order chi connectivity index (χ0) is 18.6. The fourth-order valence-corrected chi connectivity index (χ4v) is 4.59. The van der Waals surface area contributed by atoms with Crippen LogP contribution < -0.4 is 0 Å². The number of sulfonamides is 1. The van der Waals surface area contributed by atoms with Crippen LogP contribution in [-0.4, -0.2) is 51.0 Å². The number of hydrogen-bond acceptors (Lipinski definition) is 4. The van der Waals surface area contributed by atoms with E-state index in [0.29, 0.717) is 37.7 Å². The van der Waals surface area contributed by atoms with Crippen molar-refractivity contribution in [1.82, 2.24) is 9.21 Å². The zero-order valence-electron chi connectivity index (χ0n) is 15.4. The molecule has 0 N–H and O–H groups in total. The lowest BCUT2D eigenvalue weighted by Crippen LogP contribution is -2.40. The van der Waals surface area contributed by atoms with Gasteiger partial charge in [-0.25, -0.2) is 8.42 Å². The van der Waals surface area contributed by atoms with Gasteiger partial charge in [-0.15, -0.1) is 0 Å². The Morgan fingerprint density at radius 1 is 1.00 bits per heavy atom. The molecule has 0 bridgehead atoms. The van der Waals surface area contributed by atoms with Crippen LogP contribution in [-0.2, 0) is 27.8 Å². The fraction of sp³-hybridized carbons (Fsp3) is 0.400. The van der Waals surface area contributed by atoms with Gasteiger partial charge < -0.3 is 4.74 Å². The average Bonchev–Trinajstić information content (AvgIpc) is 2.64. The largest absolute Gasteiger partial charge is 0.379 e. The Morgan fingerprint density at radius 2 is 1.65 bits per heavy atom. The monoisotopic (exact) mass is 374 g/mol. The highest BCUT2D eigenvalue weighted by molar-refractivity contribution is 7.89. The van der Waals surface area contributed by atoms with E-state index >= 15 is 0 Å². The quantitative estimate of drug-likeness (QED) is 0.780. The van der Waals surface area contributed by atoms with Crippen molar-refractivity contribution in [1.29, 1.82) is 0 Å². The first-order valence-corrected chi connectivity index (χ1v) is 10.3. The van der Waals surface area contributed by atoms with Crippen LogP contribution in [0.5, 0.6) is 0 Å². The Labute approximate surface area is 156 Å². The summed E-state index contributed by atoms with van der Waals surface area (Å²) in [6.45, 7) is 5.34. The van der Waals surface area contributed by atoms with Crippen LogP contribution >= 0.6 is 0 Å². The van der Waals surface area contributed by atoms with Gasteiger partial charge in [0.25, 0.3) is 0 Å². The number of ether oxygens (including phenoxy) is 1. The molecule has 2 aromatic rings. The number of aryl methyl sites for hydroxylation is 1. The molecule has 1 heterocycles. The first-order chi connectivity index (χ1) is 12.4. The van der Waals surface area contributed by atoms with Crippen LogP contribution in [0, 0.1) is 6.92 Å². The highest BCUT2D eigenvalue weighted by Gasteiger charge is 2.26. The van der Waals surface area contributed by atoms with E-state index in [1.165, 1.54) is 15.4 Å². The van der Waals surface area contributed by atoms with E-state index in [-0.39, 0.29) is 0 Å². The van der Waals surface area contributed by atoms with Crippen molar-refractivity contribution >= 4 is 10.0 Å². The van der Waals surface area contributed by atoms with E-state index in [0.717, 1.165) is 12.1 Å². The maximum absolute atomic E-state index is 12.8. The highest BCUT2D eigenvalue weighted by Crippen LogP contribution is 2.19. The molecule has 5 nitrogen and oxygen atoms in total. The highest BCUT2D eigenvalue weighted by atomic mass is 32.2. The standard InChI is InChI=1S/C20H26N2O3S/c1-17-6-8-18(9-7-17)15-21(2)16-19-4-3-5-20(14-19)26(23,24)22-10-12-25-13-11-22/h3-9,14H,10-13,15-16H2,1-2H3. The summed E-state index contributed by atoms with van der Waals surface area (Å²) in [5.74, 6) is 0. The molecule has 0 amide bonds. The minimum Gasteiger partial charge on any atom is -0.379 e. The lowest BCUT2D eigenvalue weighted by atomic mass is 10.1. The molecule has 3 rings (SSSR count). The lowest BCUT2D eigenvalue weighted by molar-refractivity contribution is 0.0730. The Kier molecular flexibility index (Phi) is 6.09. The van der Waals surface area contributed by atoms with Crippen molar-refractivity contribution < 1.29 is 13.2 Å². The molecule has 0 spiro atoms. The van der Waals surface area contributed by atoms with Crippen molar-refractivity contribution in [2.75, 3.05) is 33.4 Å². The number of nitrogens with zero attached hydrogens (tertiary/aromatic N) is 2. The van der Waals surface area contributed by atoms with Gasteiger partial charge in [0, 0.05) is 26.2 Å². The van der Waals surface area contributed by atoms with Gasteiger partial charge in [0.05, 0.1) is 18.1 Å². The molecular weight excluding hydrogens is 348 g/mol. The summed E-state index contributed by atoms with van der Waals surface area (Å²) < 4.78 is 32.4. The van der Waals surface area contributed by atoms with Crippen LogP contribution in [0.1, 0.15) is 16.7 Å². The van der Waals surface area contributed by atoms with Gasteiger partial charge >= 0.3 is 0 Å². The van der Waals surface area contributed by atoms with E-state index in [9.17, 15) is 8.42 Å². The molecule has 0 unspecified atom stereocenters. The topological polar surface area (TPSA) is 49.9 Å². The number of benzene rings is 2. The number of hydrogen-bond donors (Lipinski definition) is 0. The van der Waals surface area contributed by atoms with E-state index < -0.39 is 10.0 Å². The molecule has 0 aromatic heterocycles. The zero-order valence-corrected chi connectivity index (χ0v) is 16.2. The van der Waals surface area contributed by atoms with Gasteiger partial charge in [0.1, 0.15) is 0 Å². The van der Waals surface area contributed by atoms with Gasteiger partial charge in [-0.1, -0.05) is 42.0 Å². The predicted molar refractivity (Wildman–Crippen MR) is 102 cm³/mol. The van der Waals surface area contributed by atoms with Crippen LogP contribution in [0.4, 0.5) is 0 Å². The van der Waals surface area contributed by atoms with Gasteiger partial charge in [-0.2, -0.15) is 4.31 Å². The Balaban J connectivity index is 1.69.